The monoisotopic (exact) mass is 466 g/mol. The SMILES string of the molecule is CC1(C(=O)NC2CCCCC2)Cn2c(ccc2-c2ccco2)C(=O)N1CCCN1CCCCC1. The number of likely N-dealkylation sites (tertiary alicyclic amines) is 1. The summed E-state index contributed by atoms with van der Waals surface area (Å²) in [4.78, 5) is 31.9. The number of carbonyl (C=O) groups is 2. The van der Waals surface area contributed by atoms with E-state index >= 15 is 0 Å². The molecule has 2 aromatic heterocycles. The van der Waals surface area contributed by atoms with Crippen molar-refractivity contribution >= 4 is 11.8 Å². The molecule has 7 nitrogen and oxygen atoms in total. The summed E-state index contributed by atoms with van der Waals surface area (Å²) in [6, 6.07) is 7.76. The summed E-state index contributed by atoms with van der Waals surface area (Å²) in [7, 11) is 0. The zero-order valence-corrected chi connectivity index (χ0v) is 20.4. The molecule has 1 saturated carbocycles. The van der Waals surface area contributed by atoms with Crippen molar-refractivity contribution in [1.82, 2.24) is 19.7 Å². The van der Waals surface area contributed by atoms with Crippen LogP contribution in [0.4, 0.5) is 0 Å². The van der Waals surface area contributed by atoms with E-state index in [2.05, 4.69) is 10.2 Å². The first-order valence-corrected chi connectivity index (χ1v) is 13.1. The third-order valence-electron chi connectivity index (χ3n) is 8.01. The minimum Gasteiger partial charge on any atom is -0.463 e. The van der Waals surface area contributed by atoms with Crippen LogP contribution >= 0.6 is 0 Å². The molecule has 2 aromatic rings. The summed E-state index contributed by atoms with van der Waals surface area (Å²) in [5.41, 5.74) is 0.536. The predicted molar refractivity (Wildman–Crippen MR) is 131 cm³/mol. The molecular formula is C27H38N4O3. The largest absolute Gasteiger partial charge is 0.463 e. The van der Waals surface area contributed by atoms with Crippen LogP contribution in [-0.2, 0) is 11.3 Å². The molecular weight excluding hydrogens is 428 g/mol. The highest BCUT2D eigenvalue weighted by atomic mass is 16.3. The molecule has 0 aromatic carbocycles. The number of nitrogens with one attached hydrogen (secondary N) is 1. The summed E-state index contributed by atoms with van der Waals surface area (Å²) in [5.74, 6) is 0.618. The van der Waals surface area contributed by atoms with Crippen LogP contribution in [0.2, 0.25) is 0 Å². The maximum Gasteiger partial charge on any atom is 0.271 e. The smallest absolute Gasteiger partial charge is 0.271 e. The molecule has 1 N–H and O–H groups in total. The zero-order chi connectivity index (χ0) is 23.5. The third kappa shape index (κ3) is 4.54. The van der Waals surface area contributed by atoms with Crippen molar-refractivity contribution in [3.05, 3.63) is 36.2 Å². The number of aromatic nitrogens is 1. The highest BCUT2D eigenvalue weighted by Crippen LogP contribution is 2.34. The first-order valence-electron chi connectivity index (χ1n) is 13.1. The van der Waals surface area contributed by atoms with Crippen LogP contribution in [-0.4, -0.2) is 63.9 Å². The molecule has 2 fully saturated rings. The Balaban J connectivity index is 1.39. The summed E-state index contributed by atoms with van der Waals surface area (Å²) in [6.07, 6.45) is 12.0. The Morgan fingerprint density at radius 3 is 2.50 bits per heavy atom. The van der Waals surface area contributed by atoms with Crippen molar-refractivity contribution < 1.29 is 14.0 Å². The van der Waals surface area contributed by atoms with Crippen LogP contribution in [0.1, 0.15) is 75.2 Å². The van der Waals surface area contributed by atoms with Gasteiger partial charge in [0.25, 0.3) is 5.91 Å². The zero-order valence-electron chi connectivity index (χ0n) is 20.4. The highest BCUT2D eigenvalue weighted by molar-refractivity contribution is 6.00. The van der Waals surface area contributed by atoms with E-state index in [1.165, 1.54) is 25.7 Å². The first kappa shape index (κ1) is 23.2. The molecule has 7 heteroatoms. The number of fused-ring (bicyclic) bond motifs is 1. The van der Waals surface area contributed by atoms with Crippen LogP contribution in [0.5, 0.6) is 0 Å². The van der Waals surface area contributed by atoms with Gasteiger partial charge in [-0.15, -0.1) is 0 Å². The molecule has 34 heavy (non-hydrogen) atoms. The molecule has 5 rings (SSSR count). The van der Waals surface area contributed by atoms with E-state index in [4.69, 9.17) is 4.42 Å². The van der Waals surface area contributed by atoms with Gasteiger partial charge in [0.2, 0.25) is 5.91 Å². The van der Waals surface area contributed by atoms with E-state index in [-0.39, 0.29) is 17.9 Å². The molecule has 0 bridgehead atoms. The third-order valence-corrected chi connectivity index (χ3v) is 8.01. The predicted octanol–water partition coefficient (Wildman–Crippen LogP) is 4.29. The van der Waals surface area contributed by atoms with Crippen molar-refractivity contribution in [2.75, 3.05) is 26.2 Å². The average Bonchev–Trinajstić information content (AvgIpc) is 3.52. The second kappa shape index (κ2) is 9.98. The molecule has 1 aliphatic carbocycles. The molecule has 2 amide bonds. The van der Waals surface area contributed by atoms with Crippen molar-refractivity contribution in [2.24, 2.45) is 0 Å². The lowest BCUT2D eigenvalue weighted by Crippen LogP contribution is -2.65. The molecule has 4 heterocycles. The number of rotatable bonds is 7. The van der Waals surface area contributed by atoms with Gasteiger partial charge in [0.1, 0.15) is 17.0 Å². The summed E-state index contributed by atoms with van der Waals surface area (Å²) in [6.45, 7) is 6.22. The minimum absolute atomic E-state index is 0.0320. The fraction of sp³-hybridized carbons (Fsp3) is 0.630. The van der Waals surface area contributed by atoms with E-state index in [0.29, 0.717) is 24.5 Å². The first-order chi connectivity index (χ1) is 16.6. The van der Waals surface area contributed by atoms with Crippen LogP contribution in [0.25, 0.3) is 11.5 Å². The van der Waals surface area contributed by atoms with E-state index in [9.17, 15) is 9.59 Å². The Morgan fingerprint density at radius 1 is 1.03 bits per heavy atom. The number of hydrogen-bond donors (Lipinski definition) is 1. The maximum absolute atomic E-state index is 13.8. The lowest BCUT2D eigenvalue weighted by atomic mass is 9.91. The van der Waals surface area contributed by atoms with Gasteiger partial charge in [-0.05, 0) is 82.9 Å². The highest BCUT2D eigenvalue weighted by Gasteiger charge is 2.48. The van der Waals surface area contributed by atoms with Crippen LogP contribution in [0, 0.1) is 0 Å². The standard InChI is InChI=1S/C27H38N4O3/c1-27(26(33)28-21-10-4-2-5-11-21)20-30-22(24-12-8-19-34-24)13-14-23(30)25(32)31(27)18-9-17-29-15-6-3-7-16-29/h8,12-14,19,21H,2-7,9-11,15-18,20H2,1H3,(H,28,33). The van der Waals surface area contributed by atoms with Gasteiger partial charge < -0.3 is 24.1 Å². The van der Waals surface area contributed by atoms with Gasteiger partial charge in [-0.25, -0.2) is 0 Å². The number of nitrogens with zero attached hydrogens (tertiary/aromatic N) is 3. The van der Waals surface area contributed by atoms with E-state index in [1.807, 2.05) is 40.7 Å². The Hall–Kier alpha value is -2.54. The summed E-state index contributed by atoms with van der Waals surface area (Å²) < 4.78 is 7.61. The molecule has 0 radical (unpaired) electrons. The molecule has 3 aliphatic rings. The van der Waals surface area contributed by atoms with Crippen molar-refractivity contribution in [1.29, 1.82) is 0 Å². The topological polar surface area (TPSA) is 70.7 Å². The lowest BCUT2D eigenvalue weighted by Gasteiger charge is -2.45. The second-order valence-corrected chi connectivity index (χ2v) is 10.5. The Morgan fingerprint density at radius 2 is 1.76 bits per heavy atom. The lowest BCUT2D eigenvalue weighted by molar-refractivity contribution is -0.133. The Bertz CT molecular complexity index is 986. The number of furan rings is 1. The van der Waals surface area contributed by atoms with E-state index < -0.39 is 5.54 Å². The average molecular weight is 467 g/mol. The van der Waals surface area contributed by atoms with Gasteiger partial charge in [-0.2, -0.15) is 0 Å². The van der Waals surface area contributed by atoms with Crippen molar-refractivity contribution in [3.63, 3.8) is 0 Å². The van der Waals surface area contributed by atoms with E-state index in [0.717, 1.165) is 57.4 Å². The number of amides is 2. The number of piperidine rings is 1. The van der Waals surface area contributed by atoms with E-state index in [1.54, 1.807) is 6.26 Å². The fourth-order valence-electron chi connectivity index (χ4n) is 5.99. The number of carbonyl (C=O) groups excluding carboxylic acids is 2. The molecule has 0 spiro atoms. The Kier molecular flexibility index (Phi) is 6.82. The van der Waals surface area contributed by atoms with Gasteiger partial charge in [-0.3, -0.25) is 9.59 Å². The molecule has 184 valence electrons. The van der Waals surface area contributed by atoms with Gasteiger partial charge in [0.15, 0.2) is 0 Å². The Labute approximate surface area is 202 Å². The van der Waals surface area contributed by atoms with Crippen molar-refractivity contribution in [2.45, 2.75) is 82.8 Å². The second-order valence-electron chi connectivity index (χ2n) is 10.5. The quantitative estimate of drug-likeness (QED) is 0.661. The van der Waals surface area contributed by atoms with Crippen LogP contribution in [0.15, 0.2) is 34.9 Å². The van der Waals surface area contributed by atoms with Gasteiger partial charge >= 0.3 is 0 Å². The molecule has 2 aliphatic heterocycles. The van der Waals surface area contributed by atoms with Gasteiger partial charge in [-0.1, -0.05) is 25.7 Å². The maximum atomic E-state index is 13.8. The van der Waals surface area contributed by atoms with Crippen LogP contribution in [0.3, 0.4) is 0 Å². The van der Waals surface area contributed by atoms with Gasteiger partial charge in [0, 0.05) is 12.6 Å². The summed E-state index contributed by atoms with van der Waals surface area (Å²) >= 11 is 0. The molecule has 1 saturated heterocycles. The van der Waals surface area contributed by atoms with Gasteiger partial charge in [0.05, 0.1) is 18.5 Å². The van der Waals surface area contributed by atoms with Crippen molar-refractivity contribution in [3.8, 4) is 11.5 Å². The van der Waals surface area contributed by atoms with Crippen LogP contribution < -0.4 is 5.32 Å². The molecule has 1 unspecified atom stereocenters. The summed E-state index contributed by atoms with van der Waals surface area (Å²) in [5, 5.41) is 3.32. The molecule has 1 atom stereocenters. The number of hydrogen-bond acceptors (Lipinski definition) is 4. The normalized spacial score (nSPS) is 24.3. The fourth-order valence-corrected chi connectivity index (χ4v) is 5.99. The minimum atomic E-state index is -0.941.